The Balaban J connectivity index is 2.27. The largest absolute Gasteiger partial charge is 0.477 e. The molecule has 4 nitrogen and oxygen atoms in total. The molecule has 1 aromatic carbocycles. The summed E-state index contributed by atoms with van der Waals surface area (Å²) in [6.07, 6.45) is 1.78. The third-order valence-corrected chi connectivity index (χ3v) is 4.54. The molecule has 23 heavy (non-hydrogen) atoms. The van der Waals surface area contributed by atoms with Gasteiger partial charge in [0.1, 0.15) is 0 Å². The predicted molar refractivity (Wildman–Crippen MR) is 92.2 cm³/mol. The minimum absolute atomic E-state index is 0.217. The molecule has 0 radical (unpaired) electrons. The molecule has 0 bridgehead atoms. The second-order valence-electron chi connectivity index (χ2n) is 7.38. The number of carbonyl (C=O) groups is 1. The van der Waals surface area contributed by atoms with Crippen LogP contribution in [0.5, 0.6) is 0 Å². The summed E-state index contributed by atoms with van der Waals surface area (Å²) in [5.74, 6) is -0.408. The summed E-state index contributed by atoms with van der Waals surface area (Å²) in [7, 11) is 0. The molecular formula is C19H26N2O2. The van der Waals surface area contributed by atoms with Gasteiger partial charge in [0.25, 0.3) is 0 Å². The van der Waals surface area contributed by atoms with Crippen LogP contribution in [0, 0.1) is 18.3 Å². The van der Waals surface area contributed by atoms with Crippen molar-refractivity contribution in [1.82, 2.24) is 9.78 Å². The van der Waals surface area contributed by atoms with Crippen LogP contribution < -0.4 is 0 Å². The van der Waals surface area contributed by atoms with Crippen LogP contribution in [0.4, 0.5) is 0 Å². The number of carboxylic acids is 1. The molecule has 1 atom stereocenters. The first-order valence-electron chi connectivity index (χ1n) is 8.08. The molecule has 2 aromatic rings. The van der Waals surface area contributed by atoms with Gasteiger partial charge in [-0.1, -0.05) is 39.8 Å². The van der Waals surface area contributed by atoms with E-state index in [-0.39, 0.29) is 11.1 Å². The predicted octanol–water partition coefficient (Wildman–Crippen LogP) is 4.49. The number of rotatable bonds is 5. The molecule has 1 N–H and O–H groups in total. The van der Waals surface area contributed by atoms with E-state index in [1.165, 1.54) is 4.68 Å². The van der Waals surface area contributed by atoms with Gasteiger partial charge in [0.05, 0.1) is 11.4 Å². The number of nitrogens with zero attached hydrogens (tertiary/aromatic N) is 2. The lowest BCUT2D eigenvalue weighted by Crippen LogP contribution is -2.17. The van der Waals surface area contributed by atoms with Gasteiger partial charge in [-0.3, -0.25) is 0 Å². The highest BCUT2D eigenvalue weighted by atomic mass is 16.4. The quantitative estimate of drug-likeness (QED) is 0.884. The Morgan fingerprint density at radius 1 is 1.30 bits per heavy atom. The second-order valence-corrected chi connectivity index (χ2v) is 7.38. The summed E-state index contributed by atoms with van der Waals surface area (Å²) in [6, 6.07) is 9.42. The molecule has 0 saturated carbocycles. The summed E-state index contributed by atoms with van der Waals surface area (Å²) < 4.78 is 1.53. The topological polar surface area (TPSA) is 55.1 Å². The van der Waals surface area contributed by atoms with Crippen molar-refractivity contribution >= 4 is 5.97 Å². The van der Waals surface area contributed by atoms with E-state index in [9.17, 15) is 9.90 Å². The Morgan fingerprint density at radius 2 is 2.00 bits per heavy atom. The molecule has 4 heteroatoms. The monoisotopic (exact) mass is 314 g/mol. The van der Waals surface area contributed by atoms with Gasteiger partial charge >= 0.3 is 5.97 Å². The molecular weight excluding hydrogens is 288 g/mol. The molecule has 1 aromatic heterocycles. The van der Waals surface area contributed by atoms with Crippen molar-refractivity contribution in [3.63, 3.8) is 0 Å². The molecule has 0 aliphatic carbocycles. The number of hydrogen-bond acceptors (Lipinski definition) is 2. The zero-order chi connectivity index (χ0) is 17.2. The van der Waals surface area contributed by atoms with E-state index >= 15 is 0 Å². The van der Waals surface area contributed by atoms with Crippen LogP contribution in [0.15, 0.2) is 30.3 Å². The van der Waals surface area contributed by atoms with Crippen molar-refractivity contribution < 1.29 is 9.90 Å². The van der Waals surface area contributed by atoms with Gasteiger partial charge in [-0.15, -0.1) is 0 Å². The fourth-order valence-electron chi connectivity index (χ4n) is 2.46. The molecule has 124 valence electrons. The normalized spacial score (nSPS) is 13.1. The molecule has 0 fully saturated rings. The van der Waals surface area contributed by atoms with Gasteiger partial charge in [0.2, 0.25) is 0 Å². The molecule has 0 aliphatic rings. The van der Waals surface area contributed by atoms with E-state index in [0.29, 0.717) is 5.92 Å². The number of carboxylic acid groups (broad SMARTS) is 1. The minimum Gasteiger partial charge on any atom is -0.477 e. The molecule has 0 amide bonds. The fraction of sp³-hybridized carbons (Fsp3) is 0.474. The Morgan fingerprint density at radius 3 is 2.57 bits per heavy atom. The Kier molecular flexibility index (Phi) is 4.93. The molecule has 2 rings (SSSR count). The van der Waals surface area contributed by atoms with E-state index in [2.05, 4.69) is 32.8 Å². The van der Waals surface area contributed by atoms with E-state index in [1.54, 1.807) is 6.07 Å². The fourth-order valence-corrected chi connectivity index (χ4v) is 2.46. The average Bonchev–Trinajstić information content (AvgIpc) is 2.88. The van der Waals surface area contributed by atoms with Gasteiger partial charge in [0.15, 0.2) is 5.69 Å². The van der Waals surface area contributed by atoms with Gasteiger partial charge in [-0.2, -0.15) is 5.10 Å². The Bertz CT molecular complexity index is 696. The maximum absolute atomic E-state index is 11.5. The molecule has 1 unspecified atom stereocenters. The maximum Gasteiger partial charge on any atom is 0.354 e. The third-order valence-electron chi connectivity index (χ3n) is 4.54. The van der Waals surface area contributed by atoms with Crippen molar-refractivity contribution in [1.29, 1.82) is 0 Å². The summed E-state index contributed by atoms with van der Waals surface area (Å²) in [5.41, 5.74) is 3.16. The van der Waals surface area contributed by atoms with Gasteiger partial charge in [-0.25, -0.2) is 9.48 Å². The number of hydrogen-bond donors (Lipinski definition) is 1. The average molecular weight is 314 g/mol. The lowest BCUT2D eigenvalue weighted by atomic mass is 9.79. The van der Waals surface area contributed by atoms with Crippen LogP contribution in [0.2, 0.25) is 0 Å². The van der Waals surface area contributed by atoms with Crippen molar-refractivity contribution in [3.8, 4) is 5.69 Å². The lowest BCUT2D eigenvalue weighted by Gasteiger charge is -2.26. The highest BCUT2D eigenvalue weighted by Gasteiger charge is 2.21. The van der Waals surface area contributed by atoms with Gasteiger partial charge in [0, 0.05) is 0 Å². The Labute approximate surface area is 138 Å². The van der Waals surface area contributed by atoms with E-state index in [1.807, 2.05) is 31.2 Å². The number of aryl methyl sites for hydroxylation is 2. The zero-order valence-corrected chi connectivity index (χ0v) is 14.6. The minimum atomic E-state index is -0.950. The summed E-state index contributed by atoms with van der Waals surface area (Å²) >= 11 is 0. The highest BCUT2D eigenvalue weighted by Crippen LogP contribution is 2.29. The molecule has 0 aliphatic heterocycles. The summed E-state index contributed by atoms with van der Waals surface area (Å²) in [5, 5.41) is 14.0. The first-order valence-corrected chi connectivity index (χ1v) is 8.08. The highest BCUT2D eigenvalue weighted by molar-refractivity contribution is 5.86. The van der Waals surface area contributed by atoms with E-state index < -0.39 is 5.97 Å². The van der Waals surface area contributed by atoms with Crippen molar-refractivity contribution in [2.75, 3.05) is 0 Å². The van der Waals surface area contributed by atoms with Crippen molar-refractivity contribution in [3.05, 3.63) is 47.3 Å². The van der Waals surface area contributed by atoms with Crippen LogP contribution >= 0.6 is 0 Å². The third kappa shape index (κ3) is 4.21. The number of aromatic nitrogens is 2. The van der Waals surface area contributed by atoms with Crippen molar-refractivity contribution in [2.24, 2.45) is 11.3 Å². The van der Waals surface area contributed by atoms with Crippen LogP contribution in [-0.2, 0) is 6.42 Å². The van der Waals surface area contributed by atoms with Crippen LogP contribution in [0.3, 0.4) is 0 Å². The SMILES string of the molecule is Cc1cccc(-n2nc(CCC(C)C(C)(C)C)cc2C(=O)O)c1. The Hall–Kier alpha value is -2.10. The van der Waals surface area contributed by atoms with Crippen LogP contribution in [-0.4, -0.2) is 20.9 Å². The van der Waals surface area contributed by atoms with Gasteiger partial charge in [-0.05, 0) is 54.9 Å². The zero-order valence-electron chi connectivity index (χ0n) is 14.6. The summed E-state index contributed by atoms with van der Waals surface area (Å²) in [6.45, 7) is 10.9. The first kappa shape index (κ1) is 17.3. The maximum atomic E-state index is 11.5. The molecule has 0 saturated heterocycles. The molecule has 0 spiro atoms. The van der Waals surface area contributed by atoms with Crippen LogP contribution in [0.25, 0.3) is 5.69 Å². The second kappa shape index (κ2) is 6.57. The standard InChI is InChI=1S/C19H26N2O2/c1-13-7-6-8-16(11-13)21-17(18(22)23)12-15(20-21)10-9-14(2)19(3,4)5/h6-8,11-12,14H,9-10H2,1-5H3,(H,22,23). The van der Waals surface area contributed by atoms with E-state index in [4.69, 9.17) is 0 Å². The number of benzene rings is 1. The smallest absolute Gasteiger partial charge is 0.354 e. The lowest BCUT2D eigenvalue weighted by molar-refractivity contribution is 0.0687. The molecule has 1 heterocycles. The van der Waals surface area contributed by atoms with Crippen LogP contribution in [0.1, 0.15) is 55.9 Å². The van der Waals surface area contributed by atoms with E-state index in [0.717, 1.165) is 29.8 Å². The van der Waals surface area contributed by atoms with Crippen molar-refractivity contribution in [2.45, 2.75) is 47.5 Å². The summed E-state index contributed by atoms with van der Waals surface area (Å²) in [4.78, 5) is 11.5. The first-order chi connectivity index (χ1) is 10.7. The van der Waals surface area contributed by atoms with Gasteiger partial charge < -0.3 is 5.11 Å². The number of aromatic carboxylic acids is 1.